The number of benzene rings is 1. The van der Waals surface area contributed by atoms with Crippen molar-refractivity contribution >= 4 is 15.7 Å². The van der Waals surface area contributed by atoms with E-state index in [9.17, 15) is 8.42 Å². The third-order valence-corrected chi connectivity index (χ3v) is 5.14. The number of hydrogen-bond donors (Lipinski definition) is 1. The molecule has 0 fully saturated rings. The molecule has 0 amide bonds. The van der Waals surface area contributed by atoms with Crippen molar-refractivity contribution in [3.8, 4) is 5.69 Å². The first-order valence-corrected chi connectivity index (χ1v) is 8.63. The van der Waals surface area contributed by atoms with Crippen LogP contribution in [0.4, 0.5) is 5.69 Å². The lowest BCUT2D eigenvalue weighted by Crippen LogP contribution is -2.15. The van der Waals surface area contributed by atoms with Gasteiger partial charge in [-0.15, -0.1) is 0 Å². The molecule has 0 unspecified atom stereocenters. The molecule has 1 N–H and O–H groups in total. The summed E-state index contributed by atoms with van der Waals surface area (Å²) in [6, 6.07) is 11.2. The SMILES string of the molecule is Cc1ccc(-n2cccc2)cc1NS(=O)(=O)c1cnccc1C. The zero-order valence-corrected chi connectivity index (χ0v) is 13.7. The van der Waals surface area contributed by atoms with Crippen molar-refractivity contribution in [3.05, 3.63) is 72.3 Å². The number of nitrogens with one attached hydrogen (secondary N) is 1. The molecule has 1 aromatic carbocycles. The van der Waals surface area contributed by atoms with Crippen molar-refractivity contribution < 1.29 is 8.42 Å². The van der Waals surface area contributed by atoms with Gasteiger partial charge in [-0.05, 0) is 55.3 Å². The predicted octanol–water partition coefficient (Wildman–Crippen LogP) is 3.29. The number of rotatable bonds is 4. The van der Waals surface area contributed by atoms with E-state index in [1.54, 1.807) is 19.2 Å². The zero-order chi connectivity index (χ0) is 16.4. The molecular weight excluding hydrogens is 310 g/mol. The van der Waals surface area contributed by atoms with E-state index in [2.05, 4.69) is 9.71 Å². The third kappa shape index (κ3) is 3.12. The molecule has 0 aliphatic heterocycles. The Bertz CT molecular complexity index is 932. The number of aryl methyl sites for hydroxylation is 2. The fraction of sp³-hybridized carbons (Fsp3) is 0.118. The van der Waals surface area contributed by atoms with Crippen LogP contribution in [-0.2, 0) is 10.0 Å². The van der Waals surface area contributed by atoms with Crippen LogP contribution >= 0.6 is 0 Å². The Morgan fingerprint density at radius 2 is 1.78 bits per heavy atom. The minimum absolute atomic E-state index is 0.186. The van der Waals surface area contributed by atoms with Gasteiger partial charge in [0.25, 0.3) is 10.0 Å². The molecule has 2 heterocycles. The van der Waals surface area contributed by atoms with Crippen molar-refractivity contribution in [2.75, 3.05) is 4.72 Å². The quantitative estimate of drug-likeness (QED) is 0.800. The van der Waals surface area contributed by atoms with Gasteiger partial charge in [-0.3, -0.25) is 9.71 Å². The summed E-state index contributed by atoms with van der Waals surface area (Å²) in [4.78, 5) is 4.10. The van der Waals surface area contributed by atoms with Crippen LogP contribution in [0.1, 0.15) is 11.1 Å². The van der Waals surface area contributed by atoms with Crippen LogP contribution in [0, 0.1) is 13.8 Å². The zero-order valence-electron chi connectivity index (χ0n) is 12.9. The van der Waals surface area contributed by atoms with Crippen LogP contribution in [0.25, 0.3) is 5.69 Å². The van der Waals surface area contributed by atoms with Gasteiger partial charge in [-0.1, -0.05) is 6.07 Å². The molecular formula is C17H17N3O2S. The van der Waals surface area contributed by atoms with E-state index in [0.29, 0.717) is 11.3 Å². The summed E-state index contributed by atoms with van der Waals surface area (Å²) >= 11 is 0. The fourth-order valence-electron chi connectivity index (χ4n) is 2.32. The van der Waals surface area contributed by atoms with Crippen molar-refractivity contribution in [1.82, 2.24) is 9.55 Å². The Labute approximate surface area is 135 Å². The lowest BCUT2D eigenvalue weighted by atomic mass is 10.2. The Kier molecular flexibility index (Phi) is 3.92. The summed E-state index contributed by atoms with van der Waals surface area (Å²) in [5.74, 6) is 0. The number of hydrogen-bond acceptors (Lipinski definition) is 3. The lowest BCUT2D eigenvalue weighted by molar-refractivity contribution is 0.600. The van der Waals surface area contributed by atoms with Gasteiger partial charge in [0, 0.05) is 30.5 Å². The highest BCUT2D eigenvalue weighted by Crippen LogP contribution is 2.24. The number of aromatic nitrogens is 2. The molecule has 0 aliphatic rings. The predicted molar refractivity (Wildman–Crippen MR) is 90.3 cm³/mol. The molecule has 6 heteroatoms. The lowest BCUT2D eigenvalue weighted by Gasteiger charge is -2.13. The monoisotopic (exact) mass is 327 g/mol. The average Bonchev–Trinajstić information content (AvgIpc) is 3.04. The van der Waals surface area contributed by atoms with Gasteiger partial charge < -0.3 is 4.57 Å². The van der Waals surface area contributed by atoms with E-state index in [-0.39, 0.29) is 4.90 Å². The fourth-order valence-corrected chi connectivity index (χ4v) is 3.63. The number of anilines is 1. The smallest absolute Gasteiger partial charge is 0.263 e. The van der Waals surface area contributed by atoms with Gasteiger partial charge >= 0.3 is 0 Å². The highest BCUT2D eigenvalue weighted by molar-refractivity contribution is 7.92. The van der Waals surface area contributed by atoms with E-state index in [0.717, 1.165) is 11.3 Å². The molecule has 3 rings (SSSR count). The maximum absolute atomic E-state index is 12.6. The molecule has 0 saturated carbocycles. The summed E-state index contributed by atoms with van der Waals surface area (Å²) in [7, 11) is -3.67. The summed E-state index contributed by atoms with van der Waals surface area (Å²) in [5.41, 5.74) is 2.96. The largest absolute Gasteiger partial charge is 0.324 e. The van der Waals surface area contributed by atoms with E-state index in [1.165, 1.54) is 6.20 Å². The van der Waals surface area contributed by atoms with Gasteiger partial charge in [0.15, 0.2) is 0 Å². The molecule has 0 aliphatic carbocycles. The van der Waals surface area contributed by atoms with Crippen LogP contribution in [0.15, 0.2) is 66.1 Å². The summed E-state index contributed by atoms with van der Waals surface area (Å²) in [5, 5.41) is 0. The van der Waals surface area contributed by atoms with E-state index >= 15 is 0 Å². The van der Waals surface area contributed by atoms with Crippen LogP contribution in [-0.4, -0.2) is 18.0 Å². The first kappa shape index (κ1) is 15.3. The van der Waals surface area contributed by atoms with Gasteiger partial charge in [-0.2, -0.15) is 0 Å². The standard InChI is InChI=1S/C17H17N3O2S/c1-13-5-6-15(20-9-3-4-10-20)11-16(13)19-23(21,22)17-12-18-8-7-14(17)2/h3-12,19H,1-2H3. The molecule has 118 valence electrons. The second-order valence-corrected chi connectivity index (χ2v) is 6.99. The molecule has 23 heavy (non-hydrogen) atoms. The van der Waals surface area contributed by atoms with Crippen molar-refractivity contribution in [2.24, 2.45) is 0 Å². The van der Waals surface area contributed by atoms with E-state index in [4.69, 9.17) is 0 Å². The molecule has 0 spiro atoms. The van der Waals surface area contributed by atoms with Gasteiger partial charge in [0.1, 0.15) is 4.90 Å². The highest BCUT2D eigenvalue weighted by Gasteiger charge is 2.18. The Morgan fingerprint density at radius 1 is 1.04 bits per heavy atom. The van der Waals surface area contributed by atoms with Crippen LogP contribution in [0.2, 0.25) is 0 Å². The normalized spacial score (nSPS) is 11.4. The van der Waals surface area contributed by atoms with Crippen LogP contribution < -0.4 is 4.72 Å². The molecule has 3 aromatic rings. The summed E-state index contributed by atoms with van der Waals surface area (Å²) in [6.07, 6.45) is 6.76. The number of nitrogens with zero attached hydrogens (tertiary/aromatic N) is 2. The molecule has 0 bridgehead atoms. The van der Waals surface area contributed by atoms with Gasteiger partial charge in [0.2, 0.25) is 0 Å². The summed E-state index contributed by atoms with van der Waals surface area (Å²) < 4.78 is 29.8. The Hall–Kier alpha value is -2.60. The molecule has 2 aromatic heterocycles. The maximum atomic E-state index is 12.6. The second-order valence-electron chi connectivity index (χ2n) is 5.34. The summed E-state index contributed by atoms with van der Waals surface area (Å²) in [6.45, 7) is 3.62. The number of pyridine rings is 1. The number of sulfonamides is 1. The first-order chi connectivity index (χ1) is 11.0. The molecule has 0 radical (unpaired) electrons. The molecule has 5 nitrogen and oxygen atoms in total. The van der Waals surface area contributed by atoms with Gasteiger partial charge in [-0.25, -0.2) is 8.42 Å². The van der Waals surface area contributed by atoms with E-state index in [1.807, 2.05) is 54.2 Å². The average molecular weight is 327 g/mol. The first-order valence-electron chi connectivity index (χ1n) is 7.15. The van der Waals surface area contributed by atoms with Crippen LogP contribution in [0.3, 0.4) is 0 Å². The molecule has 0 atom stereocenters. The van der Waals surface area contributed by atoms with Crippen molar-refractivity contribution in [1.29, 1.82) is 0 Å². The van der Waals surface area contributed by atoms with Crippen molar-refractivity contribution in [2.45, 2.75) is 18.7 Å². The minimum atomic E-state index is -3.67. The van der Waals surface area contributed by atoms with E-state index < -0.39 is 10.0 Å². The van der Waals surface area contributed by atoms with Crippen molar-refractivity contribution in [3.63, 3.8) is 0 Å². The Morgan fingerprint density at radius 3 is 2.48 bits per heavy atom. The highest BCUT2D eigenvalue weighted by atomic mass is 32.2. The van der Waals surface area contributed by atoms with Gasteiger partial charge in [0.05, 0.1) is 5.69 Å². The Balaban J connectivity index is 2.00. The minimum Gasteiger partial charge on any atom is -0.324 e. The third-order valence-electron chi connectivity index (χ3n) is 3.65. The maximum Gasteiger partial charge on any atom is 0.263 e. The van der Waals surface area contributed by atoms with Crippen LogP contribution in [0.5, 0.6) is 0 Å². The molecule has 0 saturated heterocycles. The topological polar surface area (TPSA) is 64.0 Å². The second kappa shape index (κ2) is 5.89.